The van der Waals surface area contributed by atoms with Gasteiger partial charge in [-0.25, -0.2) is 4.39 Å². The molecule has 0 aliphatic heterocycles. The molecule has 1 aromatic rings. The maximum absolute atomic E-state index is 12.7. The van der Waals surface area contributed by atoms with Gasteiger partial charge >= 0.3 is 11.9 Å². The van der Waals surface area contributed by atoms with Crippen LogP contribution in [0.25, 0.3) is 0 Å². The van der Waals surface area contributed by atoms with Gasteiger partial charge < -0.3 is 10.2 Å². The zero-order chi connectivity index (χ0) is 14.3. The predicted octanol–water partition coefficient (Wildman–Crippen LogP) is 1.39. The van der Waals surface area contributed by atoms with Gasteiger partial charge in [-0.2, -0.15) is 0 Å². The molecule has 104 valence electrons. The minimum atomic E-state index is -1.06. The SMILES string of the molecule is O=C(O)CN(CCSc1ccc(F)cc1)CC(=O)O. The molecule has 0 unspecified atom stereocenters. The minimum Gasteiger partial charge on any atom is -0.480 e. The molecule has 5 nitrogen and oxygen atoms in total. The van der Waals surface area contributed by atoms with Crippen LogP contribution in [0.15, 0.2) is 29.2 Å². The van der Waals surface area contributed by atoms with E-state index in [1.165, 1.54) is 28.8 Å². The highest BCUT2D eigenvalue weighted by molar-refractivity contribution is 7.99. The van der Waals surface area contributed by atoms with E-state index in [4.69, 9.17) is 10.2 Å². The number of hydrogen-bond acceptors (Lipinski definition) is 4. The summed E-state index contributed by atoms with van der Waals surface area (Å²) in [4.78, 5) is 23.3. The average Bonchev–Trinajstić information content (AvgIpc) is 2.30. The first-order chi connectivity index (χ1) is 8.97. The van der Waals surface area contributed by atoms with Crippen LogP contribution in [0.3, 0.4) is 0 Å². The largest absolute Gasteiger partial charge is 0.480 e. The first kappa shape index (κ1) is 15.5. The van der Waals surface area contributed by atoms with Crippen molar-refractivity contribution in [3.8, 4) is 0 Å². The molecular formula is C12H14FNO4S. The third-order valence-electron chi connectivity index (χ3n) is 2.21. The molecule has 0 aromatic heterocycles. The van der Waals surface area contributed by atoms with Crippen LogP contribution in [0.1, 0.15) is 0 Å². The zero-order valence-electron chi connectivity index (χ0n) is 10.1. The van der Waals surface area contributed by atoms with Crippen LogP contribution >= 0.6 is 11.8 Å². The van der Waals surface area contributed by atoms with Gasteiger partial charge in [0, 0.05) is 17.2 Å². The second-order valence-corrected chi connectivity index (χ2v) is 4.97. The Morgan fingerprint density at radius 1 is 1.11 bits per heavy atom. The predicted molar refractivity (Wildman–Crippen MR) is 68.8 cm³/mol. The molecule has 0 radical (unpaired) electrons. The molecule has 0 saturated heterocycles. The first-order valence-electron chi connectivity index (χ1n) is 5.51. The van der Waals surface area contributed by atoms with Crippen molar-refractivity contribution in [3.05, 3.63) is 30.1 Å². The quantitative estimate of drug-likeness (QED) is 0.704. The summed E-state index contributed by atoms with van der Waals surface area (Å²) in [5, 5.41) is 17.3. The number of thioether (sulfide) groups is 1. The Balaban J connectivity index is 2.40. The van der Waals surface area contributed by atoms with Gasteiger partial charge in [0.1, 0.15) is 5.82 Å². The summed E-state index contributed by atoms with van der Waals surface area (Å²) in [5.74, 6) is -1.91. The zero-order valence-corrected chi connectivity index (χ0v) is 10.9. The molecular weight excluding hydrogens is 273 g/mol. The molecule has 0 atom stereocenters. The molecule has 0 bridgehead atoms. The number of carboxylic acid groups (broad SMARTS) is 2. The number of rotatable bonds is 8. The Bertz CT molecular complexity index is 422. The van der Waals surface area contributed by atoms with Gasteiger partial charge in [-0.15, -0.1) is 11.8 Å². The van der Waals surface area contributed by atoms with E-state index >= 15 is 0 Å². The van der Waals surface area contributed by atoms with Crippen molar-refractivity contribution in [3.63, 3.8) is 0 Å². The Hall–Kier alpha value is -1.60. The number of aliphatic carboxylic acids is 2. The lowest BCUT2D eigenvalue weighted by Crippen LogP contribution is -2.36. The average molecular weight is 287 g/mol. The lowest BCUT2D eigenvalue weighted by Gasteiger charge is -2.17. The Morgan fingerprint density at radius 3 is 2.11 bits per heavy atom. The van der Waals surface area contributed by atoms with Gasteiger partial charge in [-0.1, -0.05) is 0 Å². The number of nitrogens with zero attached hydrogens (tertiary/aromatic N) is 1. The maximum atomic E-state index is 12.7. The van der Waals surface area contributed by atoms with E-state index in [0.717, 1.165) is 4.90 Å². The third-order valence-corrected chi connectivity index (χ3v) is 3.20. The second kappa shape index (κ2) is 7.75. The summed E-state index contributed by atoms with van der Waals surface area (Å²) in [5.41, 5.74) is 0. The van der Waals surface area contributed by atoms with E-state index in [1.807, 2.05) is 0 Å². The molecule has 0 spiro atoms. The number of carbonyl (C=O) groups is 2. The van der Waals surface area contributed by atoms with E-state index in [1.54, 1.807) is 12.1 Å². The van der Waals surface area contributed by atoms with Crippen LogP contribution in [0, 0.1) is 5.82 Å². The van der Waals surface area contributed by atoms with Crippen molar-refractivity contribution in [2.24, 2.45) is 0 Å². The molecule has 1 aromatic carbocycles. The topological polar surface area (TPSA) is 77.8 Å². The number of halogens is 1. The fraction of sp³-hybridized carbons (Fsp3) is 0.333. The molecule has 1 rings (SSSR count). The molecule has 0 fully saturated rings. The van der Waals surface area contributed by atoms with Crippen LogP contribution in [0.5, 0.6) is 0 Å². The Labute approximate surface area is 114 Å². The summed E-state index contributed by atoms with van der Waals surface area (Å²) in [6.45, 7) is -0.285. The van der Waals surface area contributed by atoms with Crippen molar-refractivity contribution in [2.75, 3.05) is 25.4 Å². The van der Waals surface area contributed by atoms with Crippen LogP contribution in [-0.4, -0.2) is 52.4 Å². The number of hydrogen-bond donors (Lipinski definition) is 2. The highest BCUT2D eigenvalue weighted by Gasteiger charge is 2.12. The standard InChI is InChI=1S/C12H14FNO4S/c13-9-1-3-10(4-2-9)19-6-5-14(7-11(15)16)8-12(17)18/h1-4H,5-8H2,(H,15,16)(H,17,18). The van der Waals surface area contributed by atoms with Gasteiger partial charge in [0.25, 0.3) is 0 Å². The smallest absolute Gasteiger partial charge is 0.317 e. The Morgan fingerprint density at radius 2 is 1.63 bits per heavy atom. The van der Waals surface area contributed by atoms with Gasteiger partial charge in [0.05, 0.1) is 13.1 Å². The van der Waals surface area contributed by atoms with Crippen molar-refractivity contribution in [2.45, 2.75) is 4.90 Å². The lowest BCUT2D eigenvalue weighted by molar-refractivity contribution is -0.141. The fourth-order valence-corrected chi connectivity index (χ4v) is 2.33. The van der Waals surface area contributed by atoms with Crippen molar-refractivity contribution in [1.29, 1.82) is 0 Å². The summed E-state index contributed by atoms with van der Waals surface area (Å²) in [6, 6.07) is 5.93. The van der Waals surface area contributed by atoms with Gasteiger partial charge in [-0.05, 0) is 24.3 Å². The van der Waals surface area contributed by atoms with E-state index in [9.17, 15) is 14.0 Å². The summed E-state index contributed by atoms with van der Waals surface area (Å²) < 4.78 is 12.7. The number of carboxylic acids is 2. The van der Waals surface area contributed by atoms with Crippen LogP contribution in [0.4, 0.5) is 4.39 Å². The third kappa shape index (κ3) is 6.78. The molecule has 0 amide bonds. The molecule has 0 aliphatic rings. The molecule has 7 heteroatoms. The molecule has 0 aliphatic carbocycles. The normalized spacial score (nSPS) is 10.6. The number of benzene rings is 1. The van der Waals surface area contributed by atoms with E-state index in [-0.39, 0.29) is 18.9 Å². The summed E-state index contributed by atoms with van der Waals surface area (Å²) in [7, 11) is 0. The van der Waals surface area contributed by atoms with Crippen LogP contribution < -0.4 is 0 Å². The van der Waals surface area contributed by atoms with Crippen molar-refractivity contribution in [1.82, 2.24) is 4.90 Å². The summed E-state index contributed by atoms with van der Waals surface area (Å²) >= 11 is 1.42. The van der Waals surface area contributed by atoms with Crippen molar-refractivity contribution < 1.29 is 24.2 Å². The molecule has 2 N–H and O–H groups in total. The molecule has 0 heterocycles. The highest BCUT2D eigenvalue weighted by atomic mass is 32.2. The molecule has 0 saturated carbocycles. The molecule has 19 heavy (non-hydrogen) atoms. The van der Waals surface area contributed by atoms with E-state index < -0.39 is 11.9 Å². The monoisotopic (exact) mass is 287 g/mol. The van der Waals surface area contributed by atoms with E-state index in [2.05, 4.69) is 0 Å². The lowest BCUT2D eigenvalue weighted by atomic mass is 10.4. The van der Waals surface area contributed by atoms with Gasteiger partial charge in [0.15, 0.2) is 0 Å². The van der Waals surface area contributed by atoms with Crippen LogP contribution in [0.2, 0.25) is 0 Å². The first-order valence-corrected chi connectivity index (χ1v) is 6.50. The van der Waals surface area contributed by atoms with Gasteiger partial charge in [-0.3, -0.25) is 14.5 Å². The maximum Gasteiger partial charge on any atom is 0.317 e. The second-order valence-electron chi connectivity index (χ2n) is 3.80. The fourth-order valence-electron chi connectivity index (χ4n) is 1.42. The highest BCUT2D eigenvalue weighted by Crippen LogP contribution is 2.17. The summed E-state index contributed by atoms with van der Waals surface area (Å²) in [6.07, 6.45) is 0. The van der Waals surface area contributed by atoms with Crippen LogP contribution in [-0.2, 0) is 9.59 Å². The van der Waals surface area contributed by atoms with E-state index in [0.29, 0.717) is 12.3 Å². The Kier molecular flexibility index (Phi) is 6.31. The van der Waals surface area contributed by atoms with Crippen molar-refractivity contribution >= 4 is 23.7 Å². The minimum absolute atomic E-state index is 0.309. The van der Waals surface area contributed by atoms with Gasteiger partial charge in [0.2, 0.25) is 0 Å².